The number of anilines is 2. The Labute approximate surface area is 228 Å². The Balaban J connectivity index is 1.61. The summed E-state index contributed by atoms with van der Waals surface area (Å²) in [6.07, 6.45) is 6.98. The summed E-state index contributed by atoms with van der Waals surface area (Å²) in [4.78, 5) is 29.6. The van der Waals surface area contributed by atoms with E-state index >= 15 is 0 Å². The molecule has 5 rings (SSSR count). The first-order chi connectivity index (χ1) is 18.0. The van der Waals surface area contributed by atoms with Gasteiger partial charge in [0.25, 0.3) is 0 Å². The van der Waals surface area contributed by atoms with Crippen molar-refractivity contribution < 1.29 is 9.59 Å². The maximum Gasteiger partial charge on any atom is 0.239 e. The van der Waals surface area contributed by atoms with Gasteiger partial charge in [0.1, 0.15) is 0 Å². The monoisotopic (exact) mass is 513 g/mol. The van der Waals surface area contributed by atoms with Crippen molar-refractivity contribution in [1.29, 1.82) is 0 Å². The number of hydrogen-bond acceptors (Lipinski definition) is 4. The maximum atomic E-state index is 13.9. The number of allylic oxidation sites excluding steroid dienone is 1. The number of rotatable bonds is 4. The van der Waals surface area contributed by atoms with Crippen LogP contribution in [-0.4, -0.2) is 24.3 Å². The fourth-order valence-electron chi connectivity index (χ4n) is 6.41. The summed E-state index contributed by atoms with van der Waals surface area (Å²) >= 11 is 0. The molecule has 1 unspecified atom stereocenters. The van der Waals surface area contributed by atoms with E-state index in [2.05, 4.69) is 86.6 Å². The first-order valence-corrected chi connectivity index (χ1v) is 14.3. The predicted molar refractivity (Wildman–Crippen MR) is 155 cm³/mol. The van der Waals surface area contributed by atoms with Crippen LogP contribution in [0.2, 0.25) is 0 Å². The zero-order valence-corrected chi connectivity index (χ0v) is 23.7. The molecule has 5 heteroatoms. The summed E-state index contributed by atoms with van der Waals surface area (Å²) in [7, 11) is 0. The van der Waals surface area contributed by atoms with Gasteiger partial charge in [0.05, 0.1) is 24.0 Å². The van der Waals surface area contributed by atoms with Gasteiger partial charge in [-0.3, -0.25) is 9.59 Å². The van der Waals surface area contributed by atoms with Crippen LogP contribution in [0.3, 0.4) is 0 Å². The highest BCUT2D eigenvalue weighted by molar-refractivity contribution is 6.01. The van der Waals surface area contributed by atoms with E-state index in [1.165, 1.54) is 24.8 Å². The minimum Gasteiger partial charge on any atom is -0.357 e. The van der Waals surface area contributed by atoms with Crippen molar-refractivity contribution in [1.82, 2.24) is 5.32 Å². The molecule has 2 aromatic carbocycles. The van der Waals surface area contributed by atoms with Crippen LogP contribution in [0, 0.1) is 5.41 Å². The molecule has 2 aliphatic carbocycles. The summed E-state index contributed by atoms with van der Waals surface area (Å²) < 4.78 is 0. The summed E-state index contributed by atoms with van der Waals surface area (Å²) in [5.41, 5.74) is 5.90. The molecule has 0 saturated heterocycles. The lowest BCUT2D eigenvalue weighted by atomic mass is 9.73. The second-order valence-electron chi connectivity index (χ2n) is 13.3. The molecule has 0 spiro atoms. The van der Waals surface area contributed by atoms with Crippen molar-refractivity contribution in [2.24, 2.45) is 5.41 Å². The molecule has 202 valence electrons. The van der Waals surface area contributed by atoms with Gasteiger partial charge >= 0.3 is 0 Å². The average molecular weight is 514 g/mol. The van der Waals surface area contributed by atoms with Crippen LogP contribution in [-0.2, 0) is 15.0 Å². The number of benzene rings is 2. The zero-order chi connectivity index (χ0) is 27.1. The van der Waals surface area contributed by atoms with E-state index in [4.69, 9.17) is 0 Å². The van der Waals surface area contributed by atoms with E-state index in [9.17, 15) is 9.59 Å². The fraction of sp³-hybridized carbons (Fsp3) is 0.515. The Morgan fingerprint density at radius 1 is 1.00 bits per heavy atom. The normalized spacial score (nSPS) is 21.8. The SMILES string of the molecule is CC1(C)CC(=O)C2=C(C1)Nc1ccccc1N(CC(=O)NC1CCCCC1)C2c1ccc(C(C)(C)C)cc1. The molecule has 5 nitrogen and oxygen atoms in total. The Bertz CT molecular complexity index is 1230. The van der Waals surface area contributed by atoms with Crippen molar-refractivity contribution in [3.05, 3.63) is 70.9 Å². The number of carbonyl (C=O) groups is 2. The van der Waals surface area contributed by atoms with Gasteiger partial charge in [-0.1, -0.05) is 90.3 Å². The van der Waals surface area contributed by atoms with Gasteiger partial charge in [0.15, 0.2) is 5.78 Å². The molecule has 2 aromatic rings. The first-order valence-electron chi connectivity index (χ1n) is 14.3. The lowest BCUT2D eigenvalue weighted by Crippen LogP contribution is -2.45. The van der Waals surface area contributed by atoms with E-state index in [-0.39, 0.29) is 41.1 Å². The second kappa shape index (κ2) is 10.2. The number of ketones is 1. The first kappa shape index (κ1) is 26.5. The van der Waals surface area contributed by atoms with E-state index in [1.54, 1.807) is 0 Å². The minimum absolute atomic E-state index is 0.0238. The highest BCUT2D eigenvalue weighted by Crippen LogP contribution is 2.48. The van der Waals surface area contributed by atoms with Crippen molar-refractivity contribution in [2.45, 2.75) is 97.1 Å². The van der Waals surface area contributed by atoms with Crippen molar-refractivity contribution in [3.63, 3.8) is 0 Å². The molecular formula is C33H43N3O2. The molecule has 1 saturated carbocycles. The standard InChI is InChI=1S/C33H43N3O2/c1-32(2,3)23-17-15-22(16-18-23)31-30-26(19-33(4,5)20-28(30)37)35-25-13-9-10-14-27(25)36(31)21-29(38)34-24-11-7-6-8-12-24/h9-10,13-18,24,31,35H,6-8,11-12,19-21H2,1-5H3,(H,34,38). The molecular weight excluding hydrogens is 470 g/mol. The number of hydrogen-bond donors (Lipinski definition) is 2. The maximum absolute atomic E-state index is 13.9. The smallest absolute Gasteiger partial charge is 0.239 e. The molecule has 0 radical (unpaired) electrons. The molecule has 0 aromatic heterocycles. The van der Waals surface area contributed by atoms with Crippen LogP contribution in [0.25, 0.3) is 0 Å². The van der Waals surface area contributed by atoms with Crippen LogP contribution in [0.15, 0.2) is 59.8 Å². The van der Waals surface area contributed by atoms with Crippen molar-refractivity contribution >= 4 is 23.1 Å². The number of nitrogens with zero attached hydrogens (tertiary/aromatic N) is 1. The molecule has 3 aliphatic rings. The Morgan fingerprint density at radius 2 is 1.68 bits per heavy atom. The second-order valence-corrected chi connectivity index (χ2v) is 13.3. The molecule has 1 fully saturated rings. The van der Waals surface area contributed by atoms with Gasteiger partial charge in [-0.05, 0) is 53.4 Å². The zero-order valence-electron chi connectivity index (χ0n) is 23.7. The largest absolute Gasteiger partial charge is 0.357 e. The van der Waals surface area contributed by atoms with E-state index in [0.717, 1.165) is 47.5 Å². The number of Topliss-reactive ketones (excluding diaryl/α,β-unsaturated/α-hetero) is 1. The molecule has 0 bridgehead atoms. The topological polar surface area (TPSA) is 61.4 Å². The van der Waals surface area contributed by atoms with Crippen LogP contribution in [0.1, 0.15) is 96.7 Å². The third kappa shape index (κ3) is 5.52. The average Bonchev–Trinajstić information content (AvgIpc) is 2.98. The van der Waals surface area contributed by atoms with Gasteiger partial charge in [0.2, 0.25) is 5.91 Å². The highest BCUT2D eigenvalue weighted by atomic mass is 16.2. The van der Waals surface area contributed by atoms with Gasteiger partial charge in [0, 0.05) is 23.7 Å². The van der Waals surface area contributed by atoms with Crippen LogP contribution in [0.4, 0.5) is 11.4 Å². The number of nitrogens with one attached hydrogen (secondary N) is 2. The molecule has 1 aliphatic heterocycles. The summed E-state index contributed by atoms with van der Waals surface area (Å²) in [5.74, 6) is 0.190. The third-order valence-corrected chi connectivity index (χ3v) is 8.38. The van der Waals surface area contributed by atoms with Crippen molar-refractivity contribution in [3.8, 4) is 0 Å². The van der Waals surface area contributed by atoms with Gasteiger partial charge in [-0.2, -0.15) is 0 Å². The Kier molecular flexibility index (Phi) is 7.15. The number of carbonyl (C=O) groups excluding carboxylic acids is 2. The van der Waals surface area contributed by atoms with Gasteiger partial charge in [-0.25, -0.2) is 0 Å². The summed E-state index contributed by atoms with van der Waals surface area (Å²) in [6, 6.07) is 16.7. The van der Waals surface area contributed by atoms with E-state index < -0.39 is 0 Å². The molecule has 2 N–H and O–H groups in total. The van der Waals surface area contributed by atoms with Gasteiger partial charge < -0.3 is 15.5 Å². The number of fused-ring (bicyclic) bond motifs is 1. The lowest BCUT2D eigenvalue weighted by molar-refractivity contribution is -0.121. The lowest BCUT2D eigenvalue weighted by Gasteiger charge is -2.38. The minimum atomic E-state index is -0.337. The van der Waals surface area contributed by atoms with Crippen LogP contribution >= 0.6 is 0 Å². The Morgan fingerprint density at radius 3 is 2.37 bits per heavy atom. The quantitative estimate of drug-likeness (QED) is 0.460. The number of para-hydroxylation sites is 2. The van der Waals surface area contributed by atoms with Gasteiger partial charge in [-0.15, -0.1) is 0 Å². The number of amides is 1. The Hall–Kier alpha value is -3.08. The summed E-state index contributed by atoms with van der Waals surface area (Å²) in [6.45, 7) is 11.2. The van der Waals surface area contributed by atoms with E-state index in [1.807, 2.05) is 12.1 Å². The van der Waals surface area contributed by atoms with Crippen LogP contribution in [0.5, 0.6) is 0 Å². The fourth-order valence-corrected chi connectivity index (χ4v) is 6.41. The molecule has 1 amide bonds. The van der Waals surface area contributed by atoms with Crippen LogP contribution < -0.4 is 15.5 Å². The molecule has 38 heavy (non-hydrogen) atoms. The molecule has 1 heterocycles. The predicted octanol–water partition coefficient (Wildman–Crippen LogP) is 7.05. The highest BCUT2D eigenvalue weighted by Gasteiger charge is 2.42. The van der Waals surface area contributed by atoms with E-state index in [0.29, 0.717) is 6.42 Å². The van der Waals surface area contributed by atoms with Crippen molar-refractivity contribution in [2.75, 3.05) is 16.8 Å². The third-order valence-electron chi connectivity index (χ3n) is 8.38. The summed E-state index contributed by atoms with van der Waals surface area (Å²) in [5, 5.41) is 6.97. The molecule has 1 atom stereocenters.